The monoisotopic (exact) mass is 403 g/mol. The number of para-hydroxylation sites is 1. The summed E-state index contributed by atoms with van der Waals surface area (Å²) >= 11 is 1.52. The highest BCUT2D eigenvalue weighted by molar-refractivity contribution is 7.99. The maximum Gasteiger partial charge on any atom is 0.265 e. The van der Waals surface area contributed by atoms with Gasteiger partial charge in [-0.25, -0.2) is 0 Å². The SMILES string of the molecule is CCCCCCc1c(O)nc(SCCN(CC)CC)n(-c2ccccc2)c1=O. The van der Waals surface area contributed by atoms with Crippen molar-refractivity contribution in [2.24, 2.45) is 0 Å². The minimum atomic E-state index is -0.152. The Hall–Kier alpha value is -1.79. The average Bonchev–Trinajstić information content (AvgIpc) is 2.71. The van der Waals surface area contributed by atoms with E-state index in [1.807, 2.05) is 30.3 Å². The number of benzene rings is 1. The van der Waals surface area contributed by atoms with Crippen LogP contribution < -0.4 is 5.56 Å². The van der Waals surface area contributed by atoms with Gasteiger partial charge in [0.25, 0.3) is 5.56 Å². The Balaban J connectivity index is 2.31. The molecule has 1 aromatic carbocycles. The lowest BCUT2D eigenvalue weighted by atomic mass is 10.1. The summed E-state index contributed by atoms with van der Waals surface area (Å²) in [6, 6.07) is 9.59. The molecule has 5 nitrogen and oxygen atoms in total. The van der Waals surface area contributed by atoms with Crippen LogP contribution in [0.25, 0.3) is 5.69 Å². The normalized spacial score (nSPS) is 11.3. The van der Waals surface area contributed by atoms with Gasteiger partial charge in [0.05, 0.1) is 11.3 Å². The van der Waals surface area contributed by atoms with E-state index in [-0.39, 0.29) is 11.4 Å². The second-order valence-corrected chi connectivity index (χ2v) is 7.92. The van der Waals surface area contributed by atoms with Gasteiger partial charge in [0, 0.05) is 12.3 Å². The highest BCUT2D eigenvalue weighted by Crippen LogP contribution is 2.23. The predicted octanol–water partition coefficient (Wildman–Crippen LogP) is 4.49. The number of rotatable bonds is 12. The first kappa shape index (κ1) is 22.5. The molecule has 0 aliphatic carbocycles. The fourth-order valence-corrected chi connectivity index (χ4v) is 4.18. The summed E-state index contributed by atoms with van der Waals surface area (Å²) in [6.07, 6.45) is 4.79. The van der Waals surface area contributed by atoms with Crippen LogP contribution in [-0.2, 0) is 6.42 Å². The van der Waals surface area contributed by atoms with Gasteiger partial charge < -0.3 is 10.0 Å². The van der Waals surface area contributed by atoms with Crippen LogP contribution in [0.3, 0.4) is 0 Å². The van der Waals surface area contributed by atoms with Gasteiger partial charge in [-0.2, -0.15) is 4.98 Å². The quantitative estimate of drug-likeness (QED) is 0.321. The average molecular weight is 404 g/mol. The molecule has 6 heteroatoms. The van der Waals surface area contributed by atoms with Crippen LogP contribution in [0.4, 0.5) is 0 Å². The molecule has 1 heterocycles. The lowest BCUT2D eigenvalue weighted by Gasteiger charge is -2.18. The van der Waals surface area contributed by atoms with Crippen molar-refractivity contribution in [2.45, 2.75) is 58.0 Å². The molecule has 1 aromatic heterocycles. The molecule has 0 radical (unpaired) electrons. The molecular formula is C22H33N3O2S. The number of aromatic nitrogens is 2. The molecule has 0 saturated carbocycles. The Labute approximate surface area is 172 Å². The van der Waals surface area contributed by atoms with Crippen LogP contribution in [0.1, 0.15) is 52.0 Å². The second kappa shape index (κ2) is 11.9. The van der Waals surface area contributed by atoms with E-state index in [1.54, 1.807) is 4.57 Å². The first-order chi connectivity index (χ1) is 13.6. The van der Waals surface area contributed by atoms with Crippen molar-refractivity contribution < 1.29 is 5.11 Å². The van der Waals surface area contributed by atoms with Crippen molar-refractivity contribution in [1.29, 1.82) is 0 Å². The summed E-state index contributed by atoms with van der Waals surface area (Å²) < 4.78 is 1.65. The van der Waals surface area contributed by atoms with Gasteiger partial charge in [0.15, 0.2) is 5.16 Å². The minimum absolute atomic E-state index is 0.112. The zero-order valence-electron chi connectivity index (χ0n) is 17.4. The second-order valence-electron chi connectivity index (χ2n) is 6.86. The Morgan fingerprint density at radius 2 is 1.79 bits per heavy atom. The van der Waals surface area contributed by atoms with Gasteiger partial charge in [-0.3, -0.25) is 9.36 Å². The largest absolute Gasteiger partial charge is 0.493 e. The molecule has 0 saturated heterocycles. The standard InChI is InChI=1S/C22H33N3O2S/c1-4-7-8-12-15-19-20(26)23-22(28-17-16-24(5-2)6-3)25(21(19)27)18-13-10-9-11-14-18/h9-11,13-14,26H,4-8,12,15-17H2,1-3H3. The van der Waals surface area contributed by atoms with Crippen molar-refractivity contribution in [3.8, 4) is 11.6 Å². The van der Waals surface area contributed by atoms with Crippen molar-refractivity contribution in [3.63, 3.8) is 0 Å². The fraction of sp³-hybridized carbons (Fsp3) is 0.545. The van der Waals surface area contributed by atoms with E-state index in [0.29, 0.717) is 17.1 Å². The third-order valence-electron chi connectivity index (χ3n) is 4.95. The van der Waals surface area contributed by atoms with Crippen LogP contribution >= 0.6 is 11.8 Å². The van der Waals surface area contributed by atoms with Crippen LogP contribution in [0, 0.1) is 0 Å². The maximum atomic E-state index is 13.2. The Morgan fingerprint density at radius 3 is 2.43 bits per heavy atom. The predicted molar refractivity (Wildman–Crippen MR) is 118 cm³/mol. The van der Waals surface area contributed by atoms with Gasteiger partial charge in [0.1, 0.15) is 0 Å². The number of hydrogen-bond donors (Lipinski definition) is 1. The van der Waals surface area contributed by atoms with Crippen molar-refractivity contribution in [1.82, 2.24) is 14.5 Å². The third-order valence-corrected chi connectivity index (χ3v) is 5.87. The summed E-state index contributed by atoms with van der Waals surface area (Å²) in [5.41, 5.74) is 1.06. The van der Waals surface area contributed by atoms with E-state index >= 15 is 0 Å². The fourth-order valence-electron chi connectivity index (χ4n) is 3.18. The molecule has 0 aliphatic rings. The molecule has 0 aliphatic heterocycles. The van der Waals surface area contributed by atoms with Gasteiger partial charge in [-0.15, -0.1) is 0 Å². The van der Waals surface area contributed by atoms with Gasteiger partial charge in [-0.1, -0.05) is 70.0 Å². The van der Waals surface area contributed by atoms with E-state index in [4.69, 9.17) is 0 Å². The first-order valence-corrected chi connectivity index (χ1v) is 11.4. The van der Waals surface area contributed by atoms with Gasteiger partial charge in [0.2, 0.25) is 5.88 Å². The molecule has 1 N–H and O–H groups in total. The molecule has 0 unspecified atom stereocenters. The summed E-state index contributed by atoms with van der Waals surface area (Å²) in [4.78, 5) is 20.0. The zero-order chi connectivity index (χ0) is 20.4. The summed E-state index contributed by atoms with van der Waals surface area (Å²) in [6.45, 7) is 9.36. The Morgan fingerprint density at radius 1 is 1.07 bits per heavy atom. The molecule has 0 atom stereocenters. The third kappa shape index (κ3) is 6.11. The molecule has 2 aromatic rings. The highest BCUT2D eigenvalue weighted by atomic mass is 32.2. The van der Waals surface area contributed by atoms with Crippen molar-refractivity contribution in [3.05, 3.63) is 46.2 Å². The first-order valence-electron chi connectivity index (χ1n) is 10.4. The molecule has 0 bridgehead atoms. The molecule has 2 rings (SSSR count). The summed E-state index contributed by atoms with van der Waals surface area (Å²) in [7, 11) is 0. The van der Waals surface area contributed by atoms with Gasteiger partial charge in [-0.05, 0) is 38.1 Å². The highest BCUT2D eigenvalue weighted by Gasteiger charge is 2.18. The lowest BCUT2D eigenvalue weighted by Crippen LogP contribution is -2.27. The van der Waals surface area contributed by atoms with Crippen LogP contribution in [0.5, 0.6) is 5.88 Å². The van der Waals surface area contributed by atoms with Crippen molar-refractivity contribution in [2.75, 3.05) is 25.4 Å². The smallest absolute Gasteiger partial charge is 0.265 e. The van der Waals surface area contributed by atoms with E-state index in [0.717, 1.165) is 56.8 Å². The Bertz CT molecular complexity index is 773. The van der Waals surface area contributed by atoms with Crippen LogP contribution in [-0.4, -0.2) is 44.9 Å². The molecule has 0 fully saturated rings. The van der Waals surface area contributed by atoms with Crippen LogP contribution in [0.2, 0.25) is 0 Å². The van der Waals surface area contributed by atoms with Crippen molar-refractivity contribution >= 4 is 11.8 Å². The summed E-state index contributed by atoms with van der Waals surface area (Å²) in [5, 5.41) is 11.0. The number of aromatic hydroxyl groups is 1. The molecular weight excluding hydrogens is 370 g/mol. The van der Waals surface area contributed by atoms with E-state index in [9.17, 15) is 9.90 Å². The zero-order valence-corrected chi connectivity index (χ0v) is 18.2. The topological polar surface area (TPSA) is 58.4 Å². The number of thioether (sulfide) groups is 1. The maximum absolute atomic E-state index is 13.2. The molecule has 0 spiro atoms. The number of hydrogen-bond acceptors (Lipinski definition) is 5. The molecule has 154 valence electrons. The van der Waals surface area contributed by atoms with E-state index < -0.39 is 0 Å². The van der Waals surface area contributed by atoms with Gasteiger partial charge >= 0.3 is 0 Å². The molecule has 0 amide bonds. The van der Waals surface area contributed by atoms with Crippen LogP contribution in [0.15, 0.2) is 40.3 Å². The van der Waals surface area contributed by atoms with E-state index in [1.165, 1.54) is 11.8 Å². The number of nitrogens with zero attached hydrogens (tertiary/aromatic N) is 3. The van der Waals surface area contributed by atoms with E-state index in [2.05, 4.69) is 30.7 Å². The summed E-state index contributed by atoms with van der Waals surface area (Å²) in [5.74, 6) is 0.704. The molecule has 28 heavy (non-hydrogen) atoms. The Kier molecular flexibility index (Phi) is 9.58. The lowest BCUT2D eigenvalue weighted by molar-refractivity contribution is 0.323. The minimum Gasteiger partial charge on any atom is -0.493 e. The number of unbranched alkanes of at least 4 members (excludes halogenated alkanes) is 3.